The Morgan fingerprint density at radius 3 is 2.63 bits per heavy atom. The van der Waals surface area contributed by atoms with E-state index in [4.69, 9.17) is 0 Å². The second kappa shape index (κ2) is 6.11. The standard InChI is InChI=1S/C16H33N3/c1-16(2)8-6-14(17-3)15(10-16)19(5)12-13-7-9-18(4)11-13/h13-15,17H,6-12H2,1-5H3. The average Bonchev–Trinajstić information content (AvgIpc) is 2.73. The van der Waals surface area contributed by atoms with Crippen LogP contribution < -0.4 is 5.32 Å². The number of hydrogen-bond donors (Lipinski definition) is 1. The van der Waals surface area contributed by atoms with Crippen LogP contribution >= 0.6 is 0 Å². The fraction of sp³-hybridized carbons (Fsp3) is 1.00. The maximum atomic E-state index is 3.55. The van der Waals surface area contributed by atoms with Gasteiger partial charge in [-0.1, -0.05) is 13.8 Å². The molecule has 0 bridgehead atoms. The Morgan fingerprint density at radius 1 is 1.32 bits per heavy atom. The van der Waals surface area contributed by atoms with Crippen molar-refractivity contribution in [3.05, 3.63) is 0 Å². The van der Waals surface area contributed by atoms with Gasteiger partial charge in [-0.25, -0.2) is 0 Å². The summed E-state index contributed by atoms with van der Waals surface area (Å²) in [4.78, 5) is 5.12. The van der Waals surface area contributed by atoms with E-state index >= 15 is 0 Å². The summed E-state index contributed by atoms with van der Waals surface area (Å²) in [6.45, 7) is 8.70. The van der Waals surface area contributed by atoms with E-state index in [-0.39, 0.29) is 0 Å². The lowest BCUT2D eigenvalue weighted by molar-refractivity contribution is 0.0754. The Kier molecular flexibility index (Phi) is 4.91. The van der Waals surface area contributed by atoms with Gasteiger partial charge in [0.1, 0.15) is 0 Å². The van der Waals surface area contributed by atoms with Gasteiger partial charge in [0, 0.05) is 25.2 Å². The Morgan fingerprint density at radius 2 is 2.05 bits per heavy atom. The van der Waals surface area contributed by atoms with Crippen LogP contribution in [0, 0.1) is 11.3 Å². The van der Waals surface area contributed by atoms with Crippen molar-refractivity contribution in [2.45, 2.75) is 51.6 Å². The fourth-order valence-electron chi connectivity index (χ4n) is 4.07. The molecule has 1 aliphatic carbocycles. The molecule has 2 fully saturated rings. The van der Waals surface area contributed by atoms with Crippen molar-refractivity contribution in [3.63, 3.8) is 0 Å². The average molecular weight is 267 g/mol. The van der Waals surface area contributed by atoms with Gasteiger partial charge < -0.3 is 15.1 Å². The Hall–Kier alpha value is -0.120. The molecule has 1 aliphatic heterocycles. The third-order valence-electron chi connectivity index (χ3n) is 5.33. The highest BCUT2D eigenvalue weighted by Gasteiger charge is 2.37. The van der Waals surface area contributed by atoms with Gasteiger partial charge in [-0.15, -0.1) is 0 Å². The summed E-state index contributed by atoms with van der Waals surface area (Å²) in [6.07, 6.45) is 5.39. The maximum absolute atomic E-state index is 3.55. The summed E-state index contributed by atoms with van der Waals surface area (Å²) in [6, 6.07) is 1.39. The summed E-state index contributed by atoms with van der Waals surface area (Å²) >= 11 is 0. The van der Waals surface area contributed by atoms with Crippen LogP contribution in [0.5, 0.6) is 0 Å². The van der Waals surface area contributed by atoms with Crippen LogP contribution in [0.3, 0.4) is 0 Å². The van der Waals surface area contributed by atoms with Gasteiger partial charge in [-0.05, 0) is 64.7 Å². The quantitative estimate of drug-likeness (QED) is 0.841. The van der Waals surface area contributed by atoms with Crippen LogP contribution in [-0.4, -0.2) is 62.7 Å². The van der Waals surface area contributed by atoms with E-state index in [2.05, 4.69) is 50.1 Å². The van der Waals surface area contributed by atoms with Crippen molar-refractivity contribution < 1.29 is 0 Å². The number of likely N-dealkylation sites (N-methyl/N-ethyl adjacent to an activating group) is 2. The van der Waals surface area contributed by atoms with E-state index in [1.54, 1.807) is 0 Å². The molecule has 0 aromatic heterocycles. The summed E-state index contributed by atoms with van der Waals surface area (Å²) in [5.74, 6) is 0.873. The number of likely N-dealkylation sites (tertiary alicyclic amines) is 1. The van der Waals surface area contributed by atoms with Crippen LogP contribution in [-0.2, 0) is 0 Å². The lowest BCUT2D eigenvalue weighted by atomic mass is 9.72. The molecule has 3 atom stereocenters. The van der Waals surface area contributed by atoms with E-state index in [0.717, 1.165) is 5.92 Å². The summed E-state index contributed by atoms with van der Waals surface area (Å²) in [5.41, 5.74) is 0.513. The first-order valence-corrected chi connectivity index (χ1v) is 7.97. The molecule has 0 spiro atoms. The zero-order valence-electron chi connectivity index (χ0n) is 13.6. The minimum absolute atomic E-state index is 0.513. The largest absolute Gasteiger partial charge is 0.315 e. The van der Waals surface area contributed by atoms with Crippen LogP contribution in [0.25, 0.3) is 0 Å². The predicted octanol–water partition coefficient (Wildman–Crippen LogP) is 2.04. The maximum Gasteiger partial charge on any atom is 0.0251 e. The molecule has 1 saturated heterocycles. The molecule has 3 heteroatoms. The lowest BCUT2D eigenvalue weighted by Gasteiger charge is -2.45. The van der Waals surface area contributed by atoms with Gasteiger partial charge in [-0.3, -0.25) is 0 Å². The molecule has 0 aromatic carbocycles. The molecule has 112 valence electrons. The molecule has 19 heavy (non-hydrogen) atoms. The highest BCUT2D eigenvalue weighted by Crippen LogP contribution is 2.37. The van der Waals surface area contributed by atoms with Crippen molar-refractivity contribution in [1.29, 1.82) is 0 Å². The molecule has 2 rings (SSSR count). The van der Waals surface area contributed by atoms with Crippen LogP contribution in [0.4, 0.5) is 0 Å². The molecule has 2 aliphatic rings. The van der Waals surface area contributed by atoms with Crippen molar-refractivity contribution in [2.75, 3.05) is 40.8 Å². The molecule has 3 unspecified atom stereocenters. The topological polar surface area (TPSA) is 18.5 Å². The minimum Gasteiger partial charge on any atom is -0.315 e. The summed E-state index contributed by atoms with van der Waals surface area (Å²) < 4.78 is 0. The van der Waals surface area contributed by atoms with Crippen LogP contribution in [0.2, 0.25) is 0 Å². The molecule has 3 nitrogen and oxygen atoms in total. The van der Waals surface area contributed by atoms with Gasteiger partial charge in [0.15, 0.2) is 0 Å². The highest BCUT2D eigenvalue weighted by atomic mass is 15.2. The van der Waals surface area contributed by atoms with Crippen molar-refractivity contribution in [2.24, 2.45) is 11.3 Å². The van der Waals surface area contributed by atoms with Gasteiger partial charge >= 0.3 is 0 Å². The molecular weight excluding hydrogens is 234 g/mol. The first-order valence-electron chi connectivity index (χ1n) is 7.97. The smallest absolute Gasteiger partial charge is 0.0251 e. The van der Waals surface area contributed by atoms with E-state index in [1.807, 2.05) is 0 Å². The monoisotopic (exact) mass is 267 g/mol. The molecule has 0 radical (unpaired) electrons. The number of rotatable bonds is 4. The second-order valence-corrected chi connectivity index (χ2v) is 7.73. The molecule has 1 N–H and O–H groups in total. The highest BCUT2D eigenvalue weighted by molar-refractivity contribution is 4.94. The van der Waals surface area contributed by atoms with E-state index in [9.17, 15) is 0 Å². The summed E-state index contributed by atoms with van der Waals surface area (Å²) in [5, 5.41) is 3.55. The molecule has 1 heterocycles. The lowest BCUT2D eigenvalue weighted by Crippen LogP contribution is -2.53. The molecule has 1 saturated carbocycles. The first kappa shape index (κ1) is 15.3. The Bertz CT molecular complexity index is 290. The van der Waals surface area contributed by atoms with Crippen molar-refractivity contribution in [3.8, 4) is 0 Å². The Balaban J connectivity index is 1.92. The third kappa shape index (κ3) is 3.93. The predicted molar refractivity (Wildman–Crippen MR) is 82.5 cm³/mol. The van der Waals surface area contributed by atoms with E-state index < -0.39 is 0 Å². The molecule has 0 aromatic rings. The number of nitrogens with one attached hydrogen (secondary N) is 1. The van der Waals surface area contributed by atoms with Gasteiger partial charge in [0.2, 0.25) is 0 Å². The number of nitrogens with zero attached hydrogens (tertiary/aromatic N) is 2. The van der Waals surface area contributed by atoms with Gasteiger partial charge in [0.05, 0.1) is 0 Å². The first-order chi connectivity index (χ1) is 8.91. The Labute approximate surface area is 119 Å². The molecular formula is C16H33N3. The number of hydrogen-bond acceptors (Lipinski definition) is 3. The van der Waals surface area contributed by atoms with E-state index in [1.165, 1.54) is 45.3 Å². The zero-order chi connectivity index (χ0) is 14.0. The SMILES string of the molecule is CNC1CCC(C)(C)CC1N(C)CC1CCN(C)C1. The fourth-order valence-corrected chi connectivity index (χ4v) is 4.07. The summed E-state index contributed by atoms with van der Waals surface area (Å²) in [7, 11) is 6.72. The second-order valence-electron chi connectivity index (χ2n) is 7.73. The van der Waals surface area contributed by atoms with Crippen molar-refractivity contribution in [1.82, 2.24) is 15.1 Å². The normalized spacial score (nSPS) is 36.0. The van der Waals surface area contributed by atoms with Crippen LogP contribution in [0.15, 0.2) is 0 Å². The van der Waals surface area contributed by atoms with Crippen LogP contribution in [0.1, 0.15) is 39.5 Å². The third-order valence-corrected chi connectivity index (χ3v) is 5.33. The zero-order valence-corrected chi connectivity index (χ0v) is 13.6. The molecule has 0 amide bonds. The van der Waals surface area contributed by atoms with Gasteiger partial charge in [-0.2, -0.15) is 0 Å². The van der Waals surface area contributed by atoms with E-state index in [0.29, 0.717) is 17.5 Å². The van der Waals surface area contributed by atoms with Gasteiger partial charge in [0.25, 0.3) is 0 Å². The van der Waals surface area contributed by atoms with Crippen molar-refractivity contribution >= 4 is 0 Å². The minimum atomic E-state index is 0.513.